The topological polar surface area (TPSA) is 58.0 Å². The molecular weight excluding hydrogens is 409 g/mol. The van der Waals surface area contributed by atoms with Gasteiger partial charge in [0.05, 0.1) is 4.70 Å². The maximum Gasteiger partial charge on any atom is 0.443 e. The molecular formula is C17H13F3N6S2. The van der Waals surface area contributed by atoms with Crippen LogP contribution in [0, 0.1) is 0 Å². The molecule has 1 aliphatic heterocycles. The van der Waals surface area contributed by atoms with Crippen LogP contribution >= 0.6 is 22.9 Å². The zero-order valence-electron chi connectivity index (χ0n) is 14.3. The van der Waals surface area contributed by atoms with Crippen LogP contribution in [0.3, 0.4) is 0 Å². The number of nitrogens with zero attached hydrogens (tertiary/aromatic N) is 6. The third-order valence-electron chi connectivity index (χ3n) is 4.66. The summed E-state index contributed by atoms with van der Waals surface area (Å²) < 4.78 is 44.8. The van der Waals surface area contributed by atoms with E-state index in [9.17, 15) is 13.2 Å². The number of aromatic nitrogens is 4. The minimum absolute atomic E-state index is 0.215. The molecule has 0 N–H and O–H groups in total. The van der Waals surface area contributed by atoms with E-state index in [1.807, 2.05) is 23.1 Å². The van der Waals surface area contributed by atoms with Crippen molar-refractivity contribution in [2.75, 3.05) is 36.0 Å². The zero-order valence-corrected chi connectivity index (χ0v) is 16.0. The SMILES string of the molecule is FC(F)(F)c1nc2c(N3CCN(c4nsc5ccccc45)CC3)ncnc2s1. The highest BCUT2D eigenvalue weighted by Crippen LogP contribution is 2.37. The molecule has 0 unspecified atom stereocenters. The molecule has 1 fully saturated rings. The number of halogens is 3. The number of alkyl halides is 3. The Morgan fingerprint density at radius 2 is 1.64 bits per heavy atom. The third kappa shape index (κ3) is 2.94. The highest BCUT2D eigenvalue weighted by atomic mass is 32.1. The normalized spacial score (nSPS) is 15.7. The summed E-state index contributed by atoms with van der Waals surface area (Å²) in [6.07, 6.45) is -3.18. The summed E-state index contributed by atoms with van der Waals surface area (Å²) in [4.78, 5) is 16.4. The highest BCUT2D eigenvalue weighted by Gasteiger charge is 2.36. The Morgan fingerprint density at radius 1 is 0.929 bits per heavy atom. The van der Waals surface area contributed by atoms with Crippen molar-refractivity contribution < 1.29 is 13.2 Å². The second-order valence-electron chi connectivity index (χ2n) is 6.34. The van der Waals surface area contributed by atoms with Crippen LogP contribution in [0.25, 0.3) is 20.4 Å². The smallest absolute Gasteiger partial charge is 0.352 e. The molecule has 3 aromatic heterocycles. The van der Waals surface area contributed by atoms with Gasteiger partial charge in [0, 0.05) is 31.6 Å². The molecule has 1 saturated heterocycles. The average Bonchev–Trinajstić information content (AvgIpc) is 3.32. The molecule has 144 valence electrons. The van der Waals surface area contributed by atoms with Crippen LogP contribution in [-0.4, -0.2) is 45.5 Å². The van der Waals surface area contributed by atoms with Gasteiger partial charge < -0.3 is 9.80 Å². The minimum Gasteiger partial charge on any atom is -0.352 e. The first-order valence-electron chi connectivity index (χ1n) is 8.54. The first kappa shape index (κ1) is 17.6. The fourth-order valence-electron chi connectivity index (χ4n) is 3.33. The number of thiazole rings is 1. The Bertz CT molecular complexity index is 1150. The fourth-order valence-corrected chi connectivity index (χ4v) is 4.89. The van der Waals surface area contributed by atoms with Gasteiger partial charge in [-0.15, -0.1) is 0 Å². The zero-order chi connectivity index (χ0) is 19.3. The predicted molar refractivity (Wildman–Crippen MR) is 104 cm³/mol. The van der Waals surface area contributed by atoms with Crippen molar-refractivity contribution >= 4 is 54.9 Å². The Kier molecular flexibility index (Phi) is 4.09. The largest absolute Gasteiger partial charge is 0.443 e. The molecule has 1 aliphatic rings. The molecule has 28 heavy (non-hydrogen) atoms. The van der Waals surface area contributed by atoms with Gasteiger partial charge in [0.1, 0.15) is 22.5 Å². The molecule has 4 heterocycles. The molecule has 0 spiro atoms. The van der Waals surface area contributed by atoms with Gasteiger partial charge >= 0.3 is 6.18 Å². The lowest BCUT2D eigenvalue weighted by Gasteiger charge is -2.35. The van der Waals surface area contributed by atoms with E-state index in [0.29, 0.717) is 43.3 Å². The standard InChI is InChI=1S/C17H13F3N6S2/c18-17(19,20)16-23-12-14(21-9-22-15(12)27-16)26-7-5-25(6-8-26)13-10-3-1-2-4-11(10)28-24-13/h1-4,9H,5-8H2. The van der Waals surface area contributed by atoms with E-state index < -0.39 is 11.2 Å². The number of hydrogen-bond acceptors (Lipinski definition) is 8. The monoisotopic (exact) mass is 422 g/mol. The summed E-state index contributed by atoms with van der Waals surface area (Å²) in [5, 5.41) is 0.233. The second-order valence-corrected chi connectivity index (χ2v) is 8.13. The van der Waals surface area contributed by atoms with Crippen LogP contribution in [0.5, 0.6) is 0 Å². The molecule has 6 nitrogen and oxygen atoms in total. The van der Waals surface area contributed by atoms with E-state index >= 15 is 0 Å². The van der Waals surface area contributed by atoms with Crippen molar-refractivity contribution in [3.8, 4) is 0 Å². The van der Waals surface area contributed by atoms with Crippen molar-refractivity contribution in [2.45, 2.75) is 6.18 Å². The Labute approximate surface area is 165 Å². The highest BCUT2D eigenvalue weighted by molar-refractivity contribution is 7.18. The van der Waals surface area contributed by atoms with Gasteiger partial charge in [-0.05, 0) is 23.7 Å². The molecule has 11 heteroatoms. The third-order valence-corrected chi connectivity index (χ3v) is 6.48. The first-order chi connectivity index (χ1) is 13.5. The molecule has 5 rings (SSSR count). The molecule has 4 aromatic rings. The maximum atomic E-state index is 13.0. The fraction of sp³-hybridized carbons (Fsp3) is 0.294. The molecule has 0 bridgehead atoms. The van der Waals surface area contributed by atoms with Gasteiger partial charge in [0.25, 0.3) is 0 Å². The van der Waals surface area contributed by atoms with E-state index in [-0.39, 0.29) is 10.3 Å². The van der Waals surface area contributed by atoms with Gasteiger partial charge in [0.2, 0.25) is 5.01 Å². The maximum absolute atomic E-state index is 13.0. The van der Waals surface area contributed by atoms with Crippen LogP contribution < -0.4 is 9.80 Å². The van der Waals surface area contributed by atoms with Crippen molar-refractivity contribution in [2.24, 2.45) is 0 Å². The van der Waals surface area contributed by atoms with E-state index in [4.69, 9.17) is 0 Å². The van der Waals surface area contributed by atoms with Gasteiger partial charge in [-0.2, -0.15) is 17.5 Å². The summed E-state index contributed by atoms with van der Waals surface area (Å²) >= 11 is 2.02. The predicted octanol–water partition coefficient (Wildman–Crippen LogP) is 4.04. The summed E-state index contributed by atoms with van der Waals surface area (Å²) in [6.45, 7) is 2.65. The van der Waals surface area contributed by atoms with Gasteiger partial charge in [-0.1, -0.05) is 23.5 Å². The number of piperazine rings is 1. The van der Waals surface area contributed by atoms with E-state index in [0.717, 1.165) is 15.9 Å². The molecule has 0 atom stereocenters. The Balaban J connectivity index is 1.40. The van der Waals surface area contributed by atoms with Crippen LogP contribution in [-0.2, 0) is 6.18 Å². The summed E-state index contributed by atoms with van der Waals surface area (Å²) in [7, 11) is 0. The summed E-state index contributed by atoms with van der Waals surface area (Å²) in [6, 6.07) is 8.09. The van der Waals surface area contributed by atoms with E-state index in [2.05, 4.69) is 30.3 Å². The van der Waals surface area contributed by atoms with Crippen LogP contribution in [0.2, 0.25) is 0 Å². The average molecular weight is 422 g/mol. The second kappa shape index (κ2) is 6.52. The quantitative estimate of drug-likeness (QED) is 0.486. The lowest BCUT2D eigenvalue weighted by Crippen LogP contribution is -2.47. The van der Waals surface area contributed by atoms with Crippen molar-refractivity contribution in [1.82, 2.24) is 19.3 Å². The molecule has 0 aliphatic carbocycles. The first-order valence-corrected chi connectivity index (χ1v) is 10.1. The molecule has 0 saturated carbocycles. The lowest BCUT2D eigenvalue weighted by atomic mass is 10.2. The Hall–Kier alpha value is -2.53. The Morgan fingerprint density at radius 3 is 2.39 bits per heavy atom. The molecule has 0 radical (unpaired) electrons. The molecule has 0 amide bonds. The van der Waals surface area contributed by atoms with Crippen LogP contribution in [0.15, 0.2) is 30.6 Å². The van der Waals surface area contributed by atoms with Gasteiger partial charge in [0.15, 0.2) is 5.82 Å². The van der Waals surface area contributed by atoms with Gasteiger partial charge in [-0.25, -0.2) is 15.0 Å². The van der Waals surface area contributed by atoms with Crippen molar-refractivity contribution in [3.63, 3.8) is 0 Å². The van der Waals surface area contributed by atoms with Gasteiger partial charge in [-0.3, -0.25) is 0 Å². The summed E-state index contributed by atoms with van der Waals surface area (Å²) in [5.74, 6) is 1.42. The van der Waals surface area contributed by atoms with Crippen LogP contribution in [0.1, 0.15) is 5.01 Å². The number of hydrogen-bond donors (Lipinski definition) is 0. The minimum atomic E-state index is -4.48. The number of rotatable bonds is 2. The number of fused-ring (bicyclic) bond motifs is 2. The number of benzene rings is 1. The van der Waals surface area contributed by atoms with Crippen molar-refractivity contribution in [3.05, 3.63) is 35.6 Å². The lowest BCUT2D eigenvalue weighted by molar-refractivity contribution is -0.137. The summed E-state index contributed by atoms with van der Waals surface area (Å²) in [5.41, 5.74) is 0.215. The van der Waals surface area contributed by atoms with Crippen molar-refractivity contribution in [1.29, 1.82) is 0 Å². The number of anilines is 2. The van der Waals surface area contributed by atoms with E-state index in [1.165, 1.54) is 17.9 Å². The molecule has 1 aromatic carbocycles. The van der Waals surface area contributed by atoms with Crippen LogP contribution in [0.4, 0.5) is 24.8 Å². The van der Waals surface area contributed by atoms with E-state index in [1.54, 1.807) is 0 Å².